The van der Waals surface area contributed by atoms with E-state index in [0.29, 0.717) is 5.75 Å². The largest absolute Gasteiger partial charge is 0.497 e. The van der Waals surface area contributed by atoms with Gasteiger partial charge in [0.2, 0.25) is 0 Å². The first-order valence-corrected chi connectivity index (χ1v) is 11.9. The number of fused-ring (bicyclic) bond motifs is 3. The molecule has 0 radical (unpaired) electrons. The molecule has 0 aliphatic carbocycles. The molecule has 1 atom stereocenters. The molecule has 1 amide bonds. The minimum Gasteiger partial charge on any atom is -0.497 e. The van der Waals surface area contributed by atoms with Crippen molar-refractivity contribution in [3.05, 3.63) is 81.7 Å². The molecule has 2 aliphatic heterocycles. The molecule has 2 aliphatic rings. The highest BCUT2D eigenvalue weighted by Crippen LogP contribution is 2.40. The number of methoxy groups -OCH3 is 1. The number of benzene rings is 2. The average Bonchev–Trinajstić information content (AvgIpc) is 3.21. The summed E-state index contributed by atoms with van der Waals surface area (Å²) in [5.74, 6) is 0.683. The molecule has 0 saturated heterocycles. The summed E-state index contributed by atoms with van der Waals surface area (Å²) in [6.07, 6.45) is 3.63. The Kier molecular flexibility index (Phi) is 6.08. The first-order valence-electron chi connectivity index (χ1n) is 11.0. The topological polar surface area (TPSA) is 79.9 Å². The summed E-state index contributed by atoms with van der Waals surface area (Å²) in [6, 6.07) is 14.5. The lowest BCUT2D eigenvalue weighted by Crippen LogP contribution is -2.38. The summed E-state index contributed by atoms with van der Waals surface area (Å²) < 4.78 is 10.5. The smallest absolute Gasteiger partial charge is 0.336 e. The van der Waals surface area contributed by atoms with Crippen molar-refractivity contribution in [1.29, 1.82) is 0 Å². The molecule has 5 rings (SSSR count). The Hall–Kier alpha value is -3.62. The van der Waals surface area contributed by atoms with E-state index in [1.54, 1.807) is 36.7 Å². The SMILES string of the molecule is COc1ccc(/C=C/C(=O)Oc2ccc(C3NC(=O)c4c(sc5c4CCN(C)C5)N3)cc2)cc1. The van der Waals surface area contributed by atoms with Crippen LogP contribution in [0.15, 0.2) is 54.6 Å². The zero-order valence-corrected chi connectivity index (χ0v) is 19.8. The van der Waals surface area contributed by atoms with E-state index in [0.717, 1.165) is 47.0 Å². The minimum absolute atomic E-state index is 0.0417. The third-order valence-electron chi connectivity index (χ3n) is 5.99. The number of anilines is 1. The lowest BCUT2D eigenvalue weighted by Gasteiger charge is -2.27. The molecule has 7 nitrogen and oxygen atoms in total. The van der Waals surface area contributed by atoms with Gasteiger partial charge >= 0.3 is 5.97 Å². The van der Waals surface area contributed by atoms with Crippen LogP contribution in [0.2, 0.25) is 0 Å². The summed E-state index contributed by atoms with van der Waals surface area (Å²) in [5, 5.41) is 7.45. The number of hydrogen-bond donors (Lipinski definition) is 2. The maximum absolute atomic E-state index is 12.9. The van der Waals surface area contributed by atoms with Crippen molar-refractivity contribution in [3.8, 4) is 11.5 Å². The lowest BCUT2D eigenvalue weighted by molar-refractivity contribution is -0.128. The molecule has 3 aromatic rings. The van der Waals surface area contributed by atoms with Crippen LogP contribution >= 0.6 is 11.3 Å². The van der Waals surface area contributed by atoms with Crippen LogP contribution in [0.3, 0.4) is 0 Å². The quantitative estimate of drug-likeness (QED) is 0.327. The standard InChI is InChI=1S/C26H25N3O4S/c1-29-14-13-20-21(15-29)34-26-23(20)25(31)27-24(28-26)17-6-10-19(11-7-17)33-22(30)12-5-16-3-8-18(32-2)9-4-16/h3-12,24,28H,13-15H2,1-2H3,(H,27,31)/b12-5+. The van der Waals surface area contributed by atoms with Gasteiger partial charge in [-0.1, -0.05) is 24.3 Å². The number of carbonyl (C=O) groups excluding carboxylic acids is 2. The number of thiophene rings is 1. The number of carbonyl (C=O) groups is 2. The zero-order valence-electron chi connectivity index (χ0n) is 19.0. The van der Waals surface area contributed by atoms with Gasteiger partial charge in [-0.15, -0.1) is 11.3 Å². The van der Waals surface area contributed by atoms with E-state index < -0.39 is 5.97 Å². The van der Waals surface area contributed by atoms with Crippen LogP contribution in [0.4, 0.5) is 5.00 Å². The first kappa shape index (κ1) is 22.2. The van der Waals surface area contributed by atoms with Gasteiger partial charge in [0.05, 0.1) is 12.7 Å². The monoisotopic (exact) mass is 475 g/mol. The third-order valence-corrected chi connectivity index (χ3v) is 7.13. The predicted octanol–water partition coefficient (Wildman–Crippen LogP) is 4.22. The van der Waals surface area contributed by atoms with E-state index in [2.05, 4.69) is 22.6 Å². The van der Waals surface area contributed by atoms with Gasteiger partial charge in [0, 0.05) is 24.0 Å². The number of amides is 1. The van der Waals surface area contributed by atoms with Gasteiger partial charge in [0.25, 0.3) is 5.91 Å². The fourth-order valence-corrected chi connectivity index (χ4v) is 5.52. The van der Waals surface area contributed by atoms with Gasteiger partial charge < -0.3 is 25.0 Å². The molecule has 0 fully saturated rings. The second-order valence-electron chi connectivity index (χ2n) is 8.34. The van der Waals surface area contributed by atoms with Crippen LogP contribution in [0.25, 0.3) is 6.08 Å². The Morgan fingerprint density at radius 2 is 1.82 bits per heavy atom. The second kappa shape index (κ2) is 9.32. The molecule has 0 spiro atoms. The lowest BCUT2D eigenvalue weighted by atomic mass is 10.0. The van der Waals surface area contributed by atoms with Crippen LogP contribution in [0.1, 0.15) is 38.1 Å². The molecule has 34 heavy (non-hydrogen) atoms. The van der Waals surface area contributed by atoms with Crippen LogP contribution in [-0.4, -0.2) is 37.5 Å². The second-order valence-corrected chi connectivity index (χ2v) is 9.45. The highest BCUT2D eigenvalue weighted by molar-refractivity contribution is 7.16. The Bertz CT molecular complexity index is 1250. The van der Waals surface area contributed by atoms with Crippen molar-refractivity contribution in [3.63, 3.8) is 0 Å². The predicted molar refractivity (Wildman–Crippen MR) is 132 cm³/mol. The number of ether oxygens (including phenoxy) is 2. The van der Waals surface area contributed by atoms with Gasteiger partial charge in [0.15, 0.2) is 0 Å². The zero-order chi connectivity index (χ0) is 23.7. The Morgan fingerprint density at radius 1 is 1.09 bits per heavy atom. The summed E-state index contributed by atoms with van der Waals surface area (Å²) in [5.41, 5.74) is 3.72. The first-order chi connectivity index (χ1) is 16.5. The molecule has 1 aromatic heterocycles. The number of hydrogen-bond acceptors (Lipinski definition) is 7. The summed E-state index contributed by atoms with van der Waals surface area (Å²) in [4.78, 5) is 28.6. The highest BCUT2D eigenvalue weighted by atomic mass is 32.1. The van der Waals surface area contributed by atoms with Crippen molar-refractivity contribution in [1.82, 2.24) is 10.2 Å². The number of nitrogens with one attached hydrogen (secondary N) is 2. The fraction of sp³-hybridized carbons (Fsp3) is 0.231. The number of esters is 1. The van der Waals surface area contributed by atoms with E-state index >= 15 is 0 Å². The maximum Gasteiger partial charge on any atom is 0.336 e. The Balaban J connectivity index is 1.23. The molecular formula is C26H25N3O4S. The van der Waals surface area contributed by atoms with Crippen molar-refractivity contribution < 1.29 is 19.1 Å². The maximum atomic E-state index is 12.9. The average molecular weight is 476 g/mol. The molecule has 2 aromatic carbocycles. The molecule has 3 heterocycles. The van der Waals surface area contributed by atoms with Gasteiger partial charge in [-0.2, -0.15) is 0 Å². The van der Waals surface area contributed by atoms with Crippen molar-refractivity contribution in [2.75, 3.05) is 26.0 Å². The van der Waals surface area contributed by atoms with E-state index in [4.69, 9.17) is 9.47 Å². The van der Waals surface area contributed by atoms with Crippen LogP contribution in [-0.2, 0) is 17.8 Å². The van der Waals surface area contributed by atoms with Gasteiger partial charge in [0.1, 0.15) is 22.7 Å². The number of rotatable bonds is 5. The normalized spacial score (nSPS) is 17.5. The van der Waals surface area contributed by atoms with Gasteiger partial charge in [-0.3, -0.25) is 4.79 Å². The molecule has 1 unspecified atom stereocenters. The third kappa shape index (κ3) is 4.55. The summed E-state index contributed by atoms with van der Waals surface area (Å²) in [6.45, 7) is 1.84. The van der Waals surface area contributed by atoms with Crippen LogP contribution < -0.4 is 20.1 Å². The summed E-state index contributed by atoms with van der Waals surface area (Å²) >= 11 is 1.66. The molecule has 2 N–H and O–H groups in total. The van der Waals surface area contributed by atoms with Gasteiger partial charge in [-0.05, 0) is 60.5 Å². The molecule has 0 saturated carbocycles. The van der Waals surface area contributed by atoms with Crippen molar-refractivity contribution >= 4 is 34.3 Å². The van der Waals surface area contributed by atoms with E-state index in [-0.39, 0.29) is 12.1 Å². The minimum atomic E-state index is -0.466. The Morgan fingerprint density at radius 3 is 2.56 bits per heavy atom. The number of nitrogens with zero attached hydrogens (tertiary/aromatic N) is 1. The molecule has 174 valence electrons. The van der Waals surface area contributed by atoms with Crippen molar-refractivity contribution in [2.45, 2.75) is 19.1 Å². The van der Waals surface area contributed by atoms with E-state index in [1.807, 2.05) is 36.4 Å². The molecule has 8 heteroatoms. The molecular weight excluding hydrogens is 450 g/mol. The summed E-state index contributed by atoms with van der Waals surface area (Å²) in [7, 11) is 3.71. The van der Waals surface area contributed by atoms with Crippen LogP contribution in [0, 0.1) is 0 Å². The van der Waals surface area contributed by atoms with Gasteiger partial charge in [-0.25, -0.2) is 4.79 Å². The van der Waals surface area contributed by atoms with Crippen molar-refractivity contribution in [2.24, 2.45) is 0 Å². The molecule has 0 bridgehead atoms. The Labute approximate surface area is 202 Å². The highest BCUT2D eigenvalue weighted by Gasteiger charge is 2.32. The fourth-order valence-electron chi connectivity index (χ4n) is 4.17. The number of likely N-dealkylation sites (N-methyl/N-ethyl adjacent to an activating group) is 1. The van der Waals surface area contributed by atoms with Crippen LogP contribution in [0.5, 0.6) is 11.5 Å². The van der Waals surface area contributed by atoms with E-state index in [1.165, 1.54) is 16.5 Å². The van der Waals surface area contributed by atoms with E-state index in [9.17, 15) is 9.59 Å².